The summed E-state index contributed by atoms with van der Waals surface area (Å²) in [6.07, 6.45) is -0.119. The molecule has 1 atom stereocenters. The molecule has 5 rings (SSSR count). The van der Waals surface area contributed by atoms with Crippen LogP contribution in [0.4, 0.5) is 0 Å². The van der Waals surface area contributed by atoms with Crippen LogP contribution in [0, 0.1) is 0 Å². The van der Waals surface area contributed by atoms with Crippen molar-refractivity contribution in [3.63, 3.8) is 0 Å². The number of hydrogen-bond acceptors (Lipinski definition) is 8. The summed E-state index contributed by atoms with van der Waals surface area (Å²) in [6, 6.07) is 9.79. The molecule has 9 heteroatoms. The second-order valence-electron chi connectivity index (χ2n) is 6.08. The molecule has 0 unspecified atom stereocenters. The first kappa shape index (κ1) is 16.2. The van der Waals surface area contributed by atoms with Gasteiger partial charge in [0.15, 0.2) is 5.69 Å². The standard InChI is InChI=1S/C18H15N5O3S/c1-24-13-4-2-3-11(7-13)15-8-23-14(9-25-15)16(20-22-23)18-19-17(21-26-18)12-5-6-27-10-12/h2-7,10,15H,8-9H2,1H3/t15-/m0/s1. The van der Waals surface area contributed by atoms with Gasteiger partial charge in [0.1, 0.15) is 11.9 Å². The van der Waals surface area contributed by atoms with Crippen LogP contribution in [0.3, 0.4) is 0 Å². The van der Waals surface area contributed by atoms with E-state index in [-0.39, 0.29) is 6.10 Å². The number of rotatable bonds is 4. The summed E-state index contributed by atoms with van der Waals surface area (Å²) in [7, 11) is 1.65. The third-order valence-electron chi connectivity index (χ3n) is 4.47. The molecule has 0 amide bonds. The van der Waals surface area contributed by atoms with Crippen LogP contribution in [0.1, 0.15) is 17.4 Å². The number of methoxy groups -OCH3 is 1. The summed E-state index contributed by atoms with van der Waals surface area (Å²) in [6.45, 7) is 0.918. The van der Waals surface area contributed by atoms with Crippen LogP contribution in [0.25, 0.3) is 23.0 Å². The first-order valence-electron chi connectivity index (χ1n) is 8.36. The van der Waals surface area contributed by atoms with Crippen molar-refractivity contribution < 1.29 is 14.0 Å². The topological polar surface area (TPSA) is 88.1 Å². The first-order chi connectivity index (χ1) is 13.3. The smallest absolute Gasteiger partial charge is 0.280 e. The maximum atomic E-state index is 6.04. The highest BCUT2D eigenvalue weighted by atomic mass is 32.1. The Hall–Kier alpha value is -3.04. The van der Waals surface area contributed by atoms with Crippen molar-refractivity contribution in [2.75, 3.05) is 7.11 Å². The SMILES string of the molecule is COc1cccc([C@@H]2Cn3nnc(-c4nc(-c5ccsc5)no4)c3CO2)c1. The van der Waals surface area contributed by atoms with Gasteiger partial charge in [-0.25, -0.2) is 4.68 Å². The van der Waals surface area contributed by atoms with Crippen LogP contribution in [0.15, 0.2) is 45.6 Å². The average Bonchev–Trinajstić information content (AvgIpc) is 3.46. The number of fused-ring (bicyclic) bond motifs is 1. The molecule has 3 aromatic heterocycles. The fraction of sp³-hybridized carbons (Fsp3) is 0.222. The maximum Gasteiger partial charge on any atom is 0.280 e. The Morgan fingerprint density at radius 2 is 2.26 bits per heavy atom. The van der Waals surface area contributed by atoms with E-state index in [1.165, 1.54) is 0 Å². The van der Waals surface area contributed by atoms with Crippen molar-refractivity contribution in [3.8, 4) is 28.7 Å². The molecule has 0 bridgehead atoms. The lowest BCUT2D eigenvalue weighted by Gasteiger charge is -2.24. The Bertz CT molecular complexity index is 1070. The van der Waals surface area contributed by atoms with Gasteiger partial charge in [-0.15, -0.1) is 5.10 Å². The maximum absolute atomic E-state index is 6.04. The Morgan fingerprint density at radius 1 is 1.30 bits per heavy atom. The molecular weight excluding hydrogens is 366 g/mol. The van der Waals surface area contributed by atoms with E-state index in [0.717, 1.165) is 22.6 Å². The monoisotopic (exact) mass is 381 g/mol. The lowest BCUT2D eigenvalue weighted by atomic mass is 10.1. The van der Waals surface area contributed by atoms with Gasteiger partial charge in [0.2, 0.25) is 5.82 Å². The molecule has 1 aliphatic rings. The van der Waals surface area contributed by atoms with Gasteiger partial charge in [0.25, 0.3) is 5.89 Å². The van der Waals surface area contributed by atoms with E-state index in [0.29, 0.717) is 30.6 Å². The first-order valence-corrected chi connectivity index (χ1v) is 9.30. The summed E-state index contributed by atoms with van der Waals surface area (Å²) in [5, 5.41) is 16.5. The zero-order chi connectivity index (χ0) is 18.2. The molecule has 0 radical (unpaired) electrons. The van der Waals surface area contributed by atoms with Crippen LogP contribution in [-0.2, 0) is 17.9 Å². The van der Waals surface area contributed by atoms with Crippen molar-refractivity contribution in [3.05, 3.63) is 52.3 Å². The second kappa shape index (κ2) is 6.60. The van der Waals surface area contributed by atoms with Crippen LogP contribution < -0.4 is 4.74 Å². The summed E-state index contributed by atoms with van der Waals surface area (Å²) < 4.78 is 18.6. The highest BCUT2D eigenvalue weighted by Gasteiger charge is 2.28. The number of thiophene rings is 1. The van der Waals surface area contributed by atoms with Gasteiger partial charge < -0.3 is 14.0 Å². The Balaban J connectivity index is 1.41. The van der Waals surface area contributed by atoms with Crippen LogP contribution in [0.2, 0.25) is 0 Å². The Kier molecular flexibility index (Phi) is 3.95. The van der Waals surface area contributed by atoms with E-state index >= 15 is 0 Å². The molecule has 4 aromatic rings. The Labute approximate surface area is 158 Å². The molecule has 0 aliphatic carbocycles. The number of hydrogen-bond donors (Lipinski definition) is 0. The lowest BCUT2D eigenvalue weighted by molar-refractivity contribution is -0.00127. The van der Waals surface area contributed by atoms with Crippen LogP contribution >= 0.6 is 11.3 Å². The highest BCUT2D eigenvalue weighted by molar-refractivity contribution is 7.08. The van der Waals surface area contributed by atoms with Gasteiger partial charge in [-0.2, -0.15) is 16.3 Å². The van der Waals surface area contributed by atoms with Gasteiger partial charge in [-0.1, -0.05) is 22.5 Å². The molecule has 8 nitrogen and oxygen atoms in total. The molecule has 0 saturated heterocycles. The summed E-state index contributed by atoms with van der Waals surface area (Å²) in [4.78, 5) is 4.44. The van der Waals surface area contributed by atoms with Crippen molar-refractivity contribution in [2.45, 2.75) is 19.3 Å². The van der Waals surface area contributed by atoms with Gasteiger partial charge in [-0.3, -0.25) is 0 Å². The molecule has 0 N–H and O–H groups in total. The average molecular weight is 381 g/mol. The molecular formula is C18H15N5O3S. The van der Waals surface area contributed by atoms with E-state index in [4.69, 9.17) is 14.0 Å². The molecule has 0 spiro atoms. The van der Waals surface area contributed by atoms with Crippen LogP contribution in [0.5, 0.6) is 5.75 Å². The zero-order valence-corrected chi connectivity index (χ0v) is 15.2. The van der Waals surface area contributed by atoms with Crippen molar-refractivity contribution in [1.29, 1.82) is 0 Å². The van der Waals surface area contributed by atoms with Gasteiger partial charge in [-0.05, 0) is 29.1 Å². The van der Waals surface area contributed by atoms with E-state index in [2.05, 4.69) is 20.5 Å². The minimum absolute atomic E-state index is 0.119. The Morgan fingerprint density at radius 3 is 3.11 bits per heavy atom. The second-order valence-corrected chi connectivity index (χ2v) is 6.86. The van der Waals surface area contributed by atoms with Crippen molar-refractivity contribution >= 4 is 11.3 Å². The molecule has 27 heavy (non-hydrogen) atoms. The lowest BCUT2D eigenvalue weighted by Crippen LogP contribution is -2.22. The normalized spacial score (nSPS) is 16.3. The zero-order valence-electron chi connectivity index (χ0n) is 14.4. The van der Waals surface area contributed by atoms with E-state index in [9.17, 15) is 0 Å². The predicted molar refractivity (Wildman–Crippen MR) is 97.2 cm³/mol. The highest BCUT2D eigenvalue weighted by Crippen LogP contribution is 2.32. The number of ether oxygens (including phenoxy) is 2. The fourth-order valence-electron chi connectivity index (χ4n) is 3.05. The van der Waals surface area contributed by atoms with Gasteiger partial charge in [0, 0.05) is 10.9 Å². The molecule has 1 aliphatic heterocycles. The van der Waals surface area contributed by atoms with Gasteiger partial charge in [0.05, 0.1) is 26.0 Å². The largest absolute Gasteiger partial charge is 0.497 e. The van der Waals surface area contributed by atoms with E-state index < -0.39 is 0 Å². The minimum atomic E-state index is -0.119. The van der Waals surface area contributed by atoms with Crippen molar-refractivity contribution in [1.82, 2.24) is 25.1 Å². The number of nitrogens with zero attached hydrogens (tertiary/aromatic N) is 5. The predicted octanol–water partition coefficient (Wildman–Crippen LogP) is 3.34. The summed E-state index contributed by atoms with van der Waals surface area (Å²) in [5.41, 5.74) is 3.35. The van der Waals surface area contributed by atoms with E-state index in [1.807, 2.05) is 45.8 Å². The summed E-state index contributed by atoms with van der Waals surface area (Å²) in [5.74, 6) is 1.69. The molecule has 1 aromatic carbocycles. The van der Waals surface area contributed by atoms with Gasteiger partial charge >= 0.3 is 0 Å². The molecule has 0 saturated carbocycles. The third-order valence-corrected chi connectivity index (χ3v) is 5.15. The summed E-state index contributed by atoms with van der Waals surface area (Å²) >= 11 is 1.58. The molecule has 0 fully saturated rings. The fourth-order valence-corrected chi connectivity index (χ4v) is 3.68. The third kappa shape index (κ3) is 2.90. The van der Waals surface area contributed by atoms with Crippen molar-refractivity contribution in [2.24, 2.45) is 0 Å². The number of benzene rings is 1. The van der Waals surface area contributed by atoms with Crippen LogP contribution in [-0.4, -0.2) is 32.2 Å². The number of aromatic nitrogens is 5. The van der Waals surface area contributed by atoms with E-state index in [1.54, 1.807) is 18.4 Å². The minimum Gasteiger partial charge on any atom is -0.497 e. The molecule has 136 valence electrons. The quantitative estimate of drug-likeness (QED) is 0.536. The molecule has 4 heterocycles.